The Morgan fingerprint density at radius 2 is 1.68 bits per heavy atom. The lowest BCUT2D eigenvalue weighted by atomic mass is 10.1. The number of aryl methyl sites for hydroxylation is 1. The lowest BCUT2D eigenvalue weighted by Crippen LogP contribution is -2.15. The molecule has 0 aliphatic carbocycles. The quantitative estimate of drug-likeness (QED) is 0.551. The molecular formula is C16H19NO2. The number of phenolic OH excluding ortho intramolecular Hbond substituents is 2. The highest BCUT2D eigenvalue weighted by Gasteiger charge is 2.04. The predicted octanol–water partition coefficient (Wildman–Crippen LogP) is 2.82. The van der Waals surface area contributed by atoms with Gasteiger partial charge in [0.05, 0.1) is 0 Å². The van der Waals surface area contributed by atoms with Crippen LogP contribution in [0, 0.1) is 0 Å². The Hall–Kier alpha value is -2.00. The van der Waals surface area contributed by atoms with E-state index in [4.69, 9.17) is 0 Å². The fourth-order valence-corrected chi connectivity index (χ4v) is 2.01. The standard InChI is InChI=1S/C16H19NO2/c18-15-10-4-9-14(16(15)19)12-17-11-5-8-13-6-2-1-3-7-13/h1-4,6-7,9-10,17-19H,5,8,11-12H2. The molecule has 3 nitrogen and oxygen atoms in total. The molecule has 19 heavy (non-hydrogen) atoms. The van der Waals surface area contributed by atoms with Gasteiger partial charge in [-0.25, -0.2) is 0 Å². The molecule has 0 bridgehead atoms. The second-order valence-corrected chi connectivity index (χ2v) is 4.55. The van der Waals surface area contributed by atoms with Gasteiger partial charge in [0.1, 0.15) is 0 Å². The van der Waals surface area contributed by atoms with Gasteiger partial charge < -0.3 is 15.5 Å². The maximum absolute atomic E-state index is 9.64. The summed E-state index contributed by atoms with van der Waals surface area (Å²) in [6, 6.07) is 15.4. The monoisotopic (exact) mass is 257 g/mol. The minimum absolute atomic E-state index is 0.0296. The minimum Gasteiger partial charge on any atom is -0.504 e. The van der Waals surface area contributed by atoms with Crippen LogP contribution in [0.25, 0.3) is 0 Å². The molecule has 0 unspecified atom stereocenters. The van der Waals surface area contributed by atoms with E-state index in [1.54, 1.807) is 12.1 Å². The van der Waals surface area contributed by atoms with E-state index < -0.39 is 0 Å². The summed E-state index contributed by atoms with van der Waals surface area (Å²) in [4.78, 5) is 0. The van der Waals surface area contributed by atoms with Crippen molar-refractivity contribution in [3.63, 3.8) is 0 Å². The molecule has 2 aromatic rings. The van der Waals surface area contributed by atoms with E-state index in [1.165, 1.54) is 11.6 Å². The van der Waals surface area contributed by atoms with Gasteiger partial charge in [-0.1, -0.05) is 42.5 Å². The van der Waals surface area contributed by atoms with E-state index in [0.29, 0.717) is 6.54 Å². The Kier molecular flexibility index (Phi) is 4.81. The number of benzene rings is 2. The van der Waals surface area contributed by atoms with Crippen molar-refractivity contribution in [2.45, 2.75) is 19.4 Å². The van der Waals surface area contributed by atoms with Crippen LogP contribution in [0.2, 0.25) is 0 Å². The first kappa shape index (κ1) is 13.4. The molecule has 3 N–H and O–H groups in total. The highest BCUT2D eigenvalue weighted by Crippen LogP contribution is 2.27. The molecule has 100 valence electrons. The van der Waals surface area contributed by atoms with Gasteiger partial charge in [0.15, 0.2) is 11.5 Å². The largest absolute Gasteiger partial charge is 0.504 e. The minimum atomic E-state index is -0.0661. The lowest BCUT2D eigenvalue weighted by Gasteiger charge is -2.08. The summed E-state index contributed by atoms with van der Waals surface area (Å²) >= 11 is 0. The van der Waals surface area contributed by atoms with Gasteiger partial charge in [0.2, 0.25) is 0 Å². The molecule has 2 aromatic carbocycles. The lowest BCUT2D eigenvalue weighted by molar-refractivity contribution is 0.397. The summed E-state index contributed by atoms with van der Waals surface area (Å²) in [6.07, 6.45) is 2.09. The van der Waals surface area contributed by atoms with Crippen molar-refractivity contribution in [2.75, 3.05) is 6.54 Å². The average molecular weight is 257 g/mol. The van der Waals surface area contributed by atoms with Crippen molar-refractivity contribution in [1.82, 2.24) is 5.32 Å². The molecular weight excluding hydrogens is 238 g/mol. The van der Waals surface area contributed by atoms with E-state index in [9.17, 15) is 10.2 Å². The molecule has 0 spiro atoms. The first-order valence-electron chi connectivity index (χ1n) is 6.52. The van der Waals surface area contributed by atoms with E-state index in [2.05, 4.69) is 17.4 Å². The molecule has 0 fully saturated rings. The average Bonchev–Trinajstić information content (AvgIpc) is 2.44. The van der Waals surface area contributed by atoms with Crippen LogP contribution in [0.15, 0.2) is 48.5 Å². The number of para-hydroxylation sites is 1. The Morgan fingerprint density at radius 3 is 2.47 bits per heavy atom. The second-order valence-electron chi connectivity index (χ2n) is 4.55. The molecule has 0 saturated heterocycles. The zero-order valence-corrected chi connectivity index (χ0v) is 10.8. The number of hydrogen-bond donors (Lipinski definition) is 3. The molecule has 0 aliphatic heterocycles. The zero-order valence-electron chi connectivity index (χ0n) is 10.8. The summed E-state index contributed by atoms with van der Waals surface area (Å²) in [5, 5.41) is 22.3. The van der Waals surface area contributed by atoms with Gasteiger partial charge in [-0.05, 0) is 31.0 Å². The van der Waals surface area contributed by atoms with Gasteiger partial charge in [-0.15, -0.1) is 0 Å². The fourth-order valence-electron chi connectivity index (χ4n) is 2.01. The maximum Gasteiger partial charge on any atom is 0.161 e. The number of rotatable bonds is 6. The number of aromatic hydroxyl groups is 2. The third-order valence-electron chi connectivity index (χ3n) is 3.08. The van der Waals surface area contributed by atoms with Crippen LogP contribution >= 0.6 is 0 Å². The molecule has 0 amide bonds. The Labute approximate surface area is 113 Å². The second kappa shape index (κ2) is 6.81. The van der Waals surface area contributed by atoms with Crippen LogP contribution in [0.1, 0.15) is 17.5 Å². The summed E-state index contributed by atoms with van der Waals surface area (Å²) in [5.41, 5.74) is 2.06. The van der Waals surface area contributed by atoms with Crippen LogP contribution in [-0.4, -0.2) is 16.8 Å². The molecule has 0 atom stereocenters. The highest BCUT2D eigenvalue weighted by atomic mass is 16.3. The topological polar surface area (TPSA) is 52.5 Å². The third-order valence-corrected chi connectivity index (χ3v) is 3.08. The summed E-state index contributed by atoms with van der Waals surface area (Å²) in [6.45, 7) is 1.44. The third kappa shape index (κ3) is 4.00. The van der Waals surface area contributed by atoms with Gasteiger partial charge in [0.25, 0.3) is 0 Å². The van der Waals surface area contributed by atoms with Crippen LogP contribution in [0.5, 0.6) is 11.5 Å². The predicted molar refractivity (Wildman–Crippen MR) is 76.2 cm³/mol. The summed E-state index contributed by atoms with van der Waals surface area (Å²) in [5.74, 6) is -0.0957. The van der Waals surface area contributed by atoms with Crippen molar-refractivity contribution in [3.05, 3.63) is 59.7 Å². The van der Waals surface area contributed by atoms with E-state index >= 15 is 0 Å². The number of nitrogens with one attached hydrogen (secondary N) is 1. The van der Waals surface area contributed by atoms with Crippen molar-refractivity contribution in [2.24, 2.45) is 0 Å². The summed E-state index contributed by atoms with van der Waals surface area (Å²) in [7, 11) is 0. The first-order valence-corrected chi connectivity index (χ1v) is 6.52. The van der Waals surface area contributed by atoms with Gasteiger partial charge in [0, 0.05) is 12.1 Å². The van der Waals surface area contributed by atoms with Crippen LogP contribution in [-0.2, 0) is 13.0 Å². The van der Waals surface area contributed by atoms with E-state index in [0.717, 1.165) is 24.9 Å². The smallest absolute Gasteiger partial charge is 0.161 e. The Balaban J connectivity index is 1.71. The molecule has 2 rings (SSSR count). The van der Waals surface area contributed by atoms with Gasteiger partial charge in [-0.2, -0.15) is 0 Å². The molecule has 0 saturated carbocycles. The molecule has 3 heteroatoms. The van der Waals surface area contributed by atoms with Gasteiger partial charge >= 0.3 is 0 Å². The summed E-state index contributed by atoms with van der Waals surface area (Å²) < 4.78 is 0. The normalized spacial score (nSPS) is 10.5. The van der Waals surface area contributed by atoms with Crippen LogP contribution < -0.4 is 5.32 Å². The van der Waals surface area contributed by atoms with Crippen LogP contribution in [0.3, 0.4) is 0 Å². The van der Waals surface area contributed by atoms with E-state index in [-0.39, 0.29) is 11.5 Å². The molecule has 0 aromatic heterocycles. The Bertz CT molecular complexity index is 511. The SMILES string of the molecule is Oc1cccc(CNCCCc2ccccc2)c1O. The first-order chi connectivity index (χ1) is 9.27. The molecule has 0 radical (unpaired) electrons. The van der Waals surface area contributed by atoms with Crippen molar-refractivity contribution < 1.29 is 10.2 Å². The number of phenols is 2. The van der Waals surface area contributed by atoms with Crippen LogP contribution in [0.4, 0.5) is 0 Å². The fraction of sp³-hybridized carbons (Fsp3) is 0.250. The Morgan fingerprint density at radius 1 is 0.895 bits per heavy atom. The highest BCUT2D eigenvalue weighted by molar-refractivity contribution is 5.44. The van der Waals surface area contributed by atoms with E-state index in [1.807, 2.05) is 18.2 Å². The van der Waals surface area contributed by atoms with Crippen molar-refractivity contribution in [3.8, 4) is 11.5 Å². The van der Waals surface area contributed by atoms with Crippen molar-refractivity contribution >= 4 is 0 Å². The number of hydrogen-bond acceptors (Lipinski definition) is 3. The zero-order chi connectivity index (χ0) is 13.5. The molecule has 0 aliphatic rings. The molecule has 0 heterocycles. The van der Waals surface area contributed by atoms with Crippen molar-refractivity contribution in [1.29, 1.82) is 0 Å². The maximum atomic E-state index is 9.64. The van der Waals surface area contributed by atoms with Gasteiger partial charge in [-0.3, -0.25) is 0 Å².